The second-order valence-corrected chi connectivity index (χ2v) is 8.94. The van der Waals surface area contributed by atoms with Gasteiger partial charge in [0.25, 0.3) is 5.91 Å². The molecule has 4 saturated heterocycles. The van der Waals surface area contributed by atoms with Crippen LogP contribution in [0, 0.1) is 5.92 Å². The van der Waals surface area contributed by atoms with Crippen LogP contribution in [-0.4, -0.2) is 54.3 Å². The van der Waals surface area contributed by atoms with E-state index in [1.165, 1.54) is 42.8 Å². The number of thiazole rings is 1. The number of nitrogens with zero attached hydrogens (tertiary/aromatic N) is 3. The lowest BCUT2D eigenvalue weighted by Crippen LogP contribution is -2.60. The zero-order valence-corrected chi connectivity index (χ0v) is 16.2. The first-order chi connectivity index (χ1) is 13.7. The van der Waals surface area contributed by atoms with Crippen LogP contribution in [-0.2, 0) is 0 Å². The number of fused-ring (bicyclic) bond motifs is 3. The van der Waals surface area contributed by atoms with Gasteiger partial charge in [-0.25, -0.2) is 4.98 Å². The molecular formula is C20H22N4O3S. The Morgan fingerprint density at radius 3 is 2.79 bits per heavy atom. The molecule has 0 saturated carbocycles. The standard InChI is InChI=1S/C20H22N4O3S/c21-19(25)14-9-28-20(22-14)24-8-13(12-1-2-15-16(7-12)27-10-26-15)18-17(24)11-3-5-23(18)6-4-11/h1-2,7,9,11,13,17-18H,3-6,8,10H2,(H2,21,25)/t13-,17+,18+/m1/s1. The Morgan fingerprint density at radius 1 is 1.18 bits per heavy atom. The number of hydrogen-bond acceptors (Lipinski definition) is 7. The van der Waals surface area contributed by atoms with Crippen molar-refractivity contribution >= 4 is 22.4 Å². The molecule has 8 heteroatoms. The van der Waals surface area contributed by atoms with Crippen LogP contribution in [0.2, 0.25) is 0 Å². The molecule has 4 fully saturated rings. The minimum Gasteiger partial charge on any atom is -0.454 e. The average molecular weight is 398 g/mol. The highest BCUT2D eigenvalue weighted by Gasteiger charge is 2.54. The summed E-state index contributed by atoms with van der Waals surface area (Å²) in [5, 5.41) is 2.70. The van der Waals surface area contributed by atoms with Crippen LogP contribution in [0.15, 0.2) is 23.6 Å². The Balaban J connectivity index is 1.39. The minimum atomic E-state index is -0.459. The fraction of sp³-hybridized carbons (Fsp3) is 0.500. The molecule has 1 aromatic heterocycles. The molecule has 5 aliphatic rings. The van der Waals surface area contributed by atoms with Crippen molar-refractivity contribution in [2.75, 3.05) is 31.3 Å². The lowest BCUT2D eigenvalue weighted by atomic mass is 9.75. The highest BCUT2D eigenvalue weighted by atomic mass is 32.1. The first kappa shape index (κ1) is 16.6. The average Bonchev–Trinajstić information content (AvgIpc) is 3.45. The summed E-state index contributed by atoms with van der Waals surface area (Å²) >= 11 is 1.53. The zero-order chi connectivity index (χ0) is 18.8. The maximum atomic E-state index is 11.5. The van der Waals surface area contributed by atoms with Crippen LogP contribution in [0.5, 0.6) is 11.5 Å². The van der Waals surface area contributed by atoms with Crippen molar-refractivity contribution in [2.45, 2.75) is 30.8 Å². The first-order valence-corrected chi connectivity index (χ1v) is 10.7. The number of anilines is 1. The van der Waals surface area contributed by atoms with Gasteiger partial charge in [0.2, 0.25) is 6.79 Å². The SMILES string of the molecule is NC(=O)c1csc(N2C[C@H](c3ccc4c(c3)OCO4)[C@H]3[C@@H]2C2CCN3CC2)n1. The van der Waals surface area contributed by atoms with E-state index in [2.05, 4.69) is 26.9 Å². The van der Waals surface area contributed by atoms with Crippen molar-refractivity contribution in [3.63, 3.8) is 0 Å². The lowest BCUT2D eigenvalue weighted by Gasteiger charge is -2.51. The first-order valence-electron chi connectivity index (χ1n) is 9.84. The molecule has 0 unspecified atom stereocenters. The van der Waals surface area contributed by atoms with Crippen LogP contribution in [0.4, 0.5) is 5.13 Å². The molecule has 1 amide bonds. The number of benzene rings is 1. The van der Waals surface area contributed by atoms with Gasteiger partial charge in [0.15, 0.2) is 16.6 Å². The number of primary amides is 1. The van der Waals surface area contributed by atoms with Crippen molar-refractivity contribution in [3.05, 3.63) is 34.8 Å². The summed E-state index contributed by atoms with van der Waals surface area (Å²) in [7, 11) is 0. The zero-order valence-electron chi connectivity index (χ0n) is 15.4. The number of rotatable bonds is 3. The molecule has 7 nitrogen and oxygen atoms in total. The molecule has 2 bridgehead atoms. The molecule has 6 heterocycles. The second kappa shape index (κ2) is 6.09. The van der Waals surface area contributed by atoms with E-state index in [1.54, 1.807) is 5.38 Å². The number of nitrogens with two attached hydrogens (primary N) is 1. The van der Waals surface area contributed by atoms with Crippen molar-refractivity contribution in [1.82, 2.24) is 9.88 Å². The van der Waals surface area contributed by atoms with Crippen molar-refractivity contribution < 1.29 is 14.3 Å². The predicted octanol–water partition coefficient (Wildman–Crippen LogP) is 2.04. The van der Waals surface area contributed by atoms with Crippen molar-refractivity contribution in [1.29, 1.82) is 0 Å². The topological polar surface area (TPSA) is 80.9 Å². The number of hydrogen-bond donors (Lipinski definition) is 1. The van der Waals surface area contributed by atoms with Crippen LogP contribution >= 0.6 is 11.3 Å². The normalized spacial score (nSPS) is 32.6. The van der Waals surface area contributed by atoms with E-state index in [9.17, 15) is 4.79 Å². The third-order valence-electron chi connectivity index (χ3n) is 6.81. The molecule has 7 rings (SSSR count). The molecule has 2 N–H and O–H groups in total. The van der Waals surface area contributed by atoms with Crippen molar-refractivity contribution in [2.24, 2.45) is 11.7 Å². The molecular weight excluding hydrogens is 376 g/mol. The lowest BCUT2D eigenvalue weighted by molar-refractivity contribution is 0.0355. The van der Waals surface area contributed by atoms with E-state index in [0.29, 0.717) is 36.4 Å². The number of piperidine rings is 3. The molecule has 0 radical (unpaired) electrons. The molecule has 0 aliphatic carbocycles. The number of carbonyl (C=O) groups excluding carboxylic acids is 1. The Labute approximate surface area is 167 Å². The quantitative estimate of drug-likeness (QED) is 0.852. The van der Waals surface area contributed by atoms with Gasteiger partial charge in [-0.2, -0.15) is 0 Å². The molecule has 3 atom stereocenters. The van der Waals surface area contributed by atoms with Crippen LogP contribution in [0.25, 0.3) is 0 Å². The van der Waals surface area contributed by atoms with Crippen LogP contribution in [0.1, 0.15) is 34.8 Å². The van der Waals surface area contributed by atoms with Gasteiger partial charge in [0.1, 0.15) is 5.69 Å². The summed E-state index contributed by atoms with van der Waals surface area (Å²) in [6.45, 7) is 3.54. The van der Waals surface area contributed by atoms with Crippen LogP contribution < -0.4 is 20.1 Å². The number of amides is 1. The van der Waals surface area contributed by atoms with Gasteiger partial charge >= 0.3 is 0 Å². The summed E-state index contributed by atoms with van der Waals surface area (Å²) in [6.07, 6.45) is 2.47. The maximum Gasteiger partial charge on any atom is 0.268 e. The Hall–Kier alpha value is -2.32. The second-order valence-electron chi connectivity index (χ2n) is 8.11. The Morgan fingerprint density at radius 2 is 2.00 bits per heavy atom. The monoisotopic (exact) mass is 398 g/mol. The fourth-order valence-corrected chi connectivity index (χ4v) is 6.46. The largest absolute Gasteiger partial charge is 0.454 e. The molecule has 0 spiro atoms. The van der Waals surface area contributed by atoms with E-state index >= 15 is 0 Å². The number of carbonyl (C=O) groups is 1. The summed E-state index contributed by atoms with van der Waals surface area (Å²) in [6, 6.07) is 7.26. The Bertz CT molecular complexity index is 939. The van der Waals surface area contributed by atoms with Gasteiger partial charge < -0.3 is 20.1 Å². The highest BCUT2D eigenvalue weighted by molar-refractivity contribution is 7.14. The van der Waals surface area contributed by atoms with Gasteiger partial charge in [-0.15, -0.1) is 11.3 Å². The smallest absolute Gasteiger partial charge is 0.268 e. The summed E-state index contributed by atoms with van der Waals surface area (Å²) < 4.78 is 11.1. The highest BCUT2D eigenvalue weighted by Crippen LogP contribution is 2.49. The summed E-state index contributed by atoms with van der Waals surface area (Å²) in [5.41, 5.74) is 7.10. The molecule has 28 heavy (non-hydrogen) atoms. The number of aromatic nitrogens is 1. The van der Waals surface area contributed by atoms with E-state index in [-0.39, 0.29) is 0 Å². The minimum absolute atomic E-state index is 0.296. The van der Waals surface area contributed by atoms with Gasteiger partial charge in [-0.05, 0) is 49.5 Å². The molecule has 1 aromatic carbocycles. The van der Waals surface area contributed by atoms with Gasteiger partial charge in [-0.1, -0.05) is 6.07 Å². The van der Waals surface area contributed by atoms with Crippen molar-refractivity contribution in [3.8, 4) is 11.5 Å². The predicted molar refractivity (Wildman–Crippen MR) is 105 cm³/mol. The fourth-order valence-electron chi connectivity index (χ4n) is 5.59. The van der Waals surface area contributed by atoms with E-state index < -0.39 is 5.91 Å². The third kappa shape index (κ3) is 2.37. The molecule has 2 aromatic rings. The number of ether oxygens (including phenoxy) is 2. The maximum absolute atomic E-state index is 11.5. The van der Waals surface area contributed by atoms with Gasteiger partial charge in [0, 0.05) is 23.9 Å². The van der Waals surface area contributed by atoms with Gasteiger partial charge in [-0.3, -0.25) is 9.69 Å². The molecule has 5 aliphatic heterocycles. The molecule has 146 valence electrons. The third-order valence-corrected chi connectivity index (χ3v) is 7.69. The van der Waals surface area contributed by atoms with E-state index in [0.717, 1.165) is 23.2 Å². The summed E-state index contributed by atoms with van der Waals surface area (Å²) in [4.78, 5) is 21.2. The van der Waals surface area contributed by atoms with E-state index in [4.69, 9.17) is 15.2 Å². The Kier molecular flexibility index (Phi) is 3.61. The summed E-state index contributed by atoms with van der Waals surface area (Å²) in [5.74, 6) is 2.26. The van der Waals surface area contributed by atoms with Gasteiger partial charge in [0.05, 0.1) is 6.04 Å². The van der Waals surface area contributed by atoms with E-state index in [1.807, 2.05) is 6.07 Å². The van der Waals surface area contributed by atoms with Crippen LogP contribution in [0.3, 0.4) is 0 Å².